The predicted octanol–water partition coefficient (Wildman–Crippen LogP) is 2.84. The summed E-state index contributed by atoms with van der Waals surface area (Å²) < 4.78 is 5.12. The van der Waals surface area contributed by atoms with Gasteiger partial charge < -0.3 is 15.2 Å². The van der Waals surface area contributed by atoms with Crippen molar-refractivity contribution in [2.75, 3.05) is 13.7 Å². The molecule has 1 aromatic carbocycles. The molecule has 0 saturated carbocycles. The van der Waals surface area contributed by atoms with Crippen LogP contribution in [-0.4, -0.2) is 24.7 Å². The molecule has 1 atom stereocenters. The fourth-order valence-electron chi connectivity index (χ4n) is 2.11. The Morgan fingerprint density at radius 2 is 2.14 bits per heavy atom. The van der Waals surface area contributed by atoms with Gasteiger partial charge in [0.25, 0.3) is 5.91 Å². The summed E-state index contributed by atoms with van der Waals surface area (Å²) in [4.78, 5) is 14.2. The molecule has 1 unspecified atom stereocenters. The van der Waals surface area contributed by atoms with E-state index in [0.717, 1.165) is 9.75 Å². The molecule has 0 aliphatic carbocycles. The van der Waals surface area contributed by atoms with E-state index in [1.807, 2.05) is 32.0 Å². The monoisotopic (exact) mass is 305 g/mol. The van der Waals surface area contributed by atoms with E-state index < -0.39 is 6.10 Å². The Bertz CT molecular complexity index is 636. The van der Waals surface area contributed by atoms with Crippen LogP contribution < -0.4 is 10.1 Å². The van der Waals surface area contributed by atoms with Gasteiger partial charge in [-0.3, -0.25) is 4.79 Å². The van der Waals surface area contributed by atoms with Gasteiger partial charge in [0.05, 0.1) is 18.8 Å². The van der Waals surface area contributed by atoms with Gasteiger partial charge in [0.2, 0.25) is 0 Å². The van der Waals surface area contributed by atoms with Crippen LogP contribution in [0.2, 0.25) is 0 Å². The number of aryl methyl sites for hydroxylation is 2. The van der Waals surface area contributed by atoms with Gasteiger partial charge in [0.15, 0.2) is 0 Å². The van der Waals surface area contributed by atoms with E-state index in [9.17, 15) is 9.90 Å². The van der Waals surface area contributed by atoms with Gasteiger partial charge in [0.1, 0.15) is 5.75 Å². The highest BCUT2D eigenvalue weighted by molar-refractivity contribution is 7.12. The Labute approximate surface area is 128 Å². The molecule has 0 bridgehead atoms. The third-order valence-corrected chi connectivity index (χ3v) is 4.19. The number of ether oxygens (including phenoxy) is 1. The molecule has 0 fully saturated rings. The second-order valence-corrected chi connectivity index (χ2v) is 6.29. The van der Waals surface area contributed by atoms with Crippen LogP contribution >= 0.6 is 11.3 Å². The summed E-state index contributed by atoms with van der Waals surface area (Å²) in [5.74, 6) is 0.529. The van der Waals surface area contributed by atoms with Crippen molar-refractivity contribution in [3.8, 4) is 5.75 Å². The number of methoxy groups -OCH3 is 1. The van der Waals surface area contributed by atoms with Gasteiger partial charge in [-0.25, -0.2) is 0 Å². The maximum atomic E-state index is 12.1. The normalized spacial score (nSPS) is 12.0. The molecule has 0 spiro atoms. The van der Waals surface area contributed by atoms with Gasteiger partial charge in [-0.15, -0.1) is 11.3 Å². The van der Waals surface area contributed by atoms with Crippen molar-refractivity contribution in [1.29, 1.82) is 0 Å². The lowest BCUT2D eigenvalue weighted by Gasteiger charge is -2.13. The molecule has 21 heavy (non-hydrogen) atoms. The zero-order valence-corrected chi connectivity index (χ0v) is 13.2. The quantitative estimate of drug-likeness (QED) is 0.893. The van der Waals surface area contributed by atoms with Crippen molar-refractivity contribution in [3.63, 3.8) is 0 Å². The minimum atomic E-state index is -0.760. The first kappa shape index (κ1) is 15.5. The summed E-state index contributed by atoms with van der Waals surface area (Å²) in [6.45, 7) is 4.06. The van der Waals surface area contributed by atoms with Crippen LogP contribution in [-0.2, 0) is 0 Å². The molecule has 2 aromatic rings. The first-order valence-electron chi connectivity index (χ1n) is 6.68. The van der Waals surface area contributed by atoms with E-state index in [1.54, 1.807) is 30.6 Å². The predicted molar refractivity (Wildman–Crippen MR) is 84.1 cm³/mol. The molecule has 2 rings (SSSR count). The van der Waals surface area contributed by atoms with Gasteiger partial charge in [-0.2, -0.15) is 0 Å². The van der Waals surface area contributed by atoms with Crippen LogP contribution in [0, 0.1) is 13.8 Å². The SMILES string of the molecule is COc1cccc(C(O)CNC(=O)c2cc(C)sc2C)c1. The fraction of sp³-hybridized carbons (Fsp3) is 0.312. The topological polar surface area (TPSA) is 58.6 Å². The van der Waals surface area contributed by atoms with Crippen molar-refractivity contribution in [3.05, 3.63) is 51.2 Å². The zero-order valence-electron chi connectivity index (χ0n) is 12.3. The number of hydrogen-bond acceptors (Lipinski definition) is 4. The van der Waals surface area contributed by atoms with Gasteiger partial charge in [-0.05, 0) is 37.6 Å². The minimum absolute atomic E-state index is 0.154. The number of amides is 1. The molecular weight excluding hydrogens is 286 g/mol. The van der Waals surface area contributed by atoms with Gasteiger partial charge in [-0.1, -0.05) is 12.1 Å². The van der Waals surface area contributed by atoms with E-state index in [-0.39, 0.29) is 12.5 Å². The largest absolute Gasteiger partial charge is 0.497 e. The zero-order chi connectivity index (χ0) is 15.4. The number of carbonyl (C=O) groups is 1. The van der Waals surface area contributed by atoms with E-state index >= 15 is 0 Å². The molecule has 1 heterocycles. The summed E-state index contributed by atoms with van der Waals surface area (Å²) in [6, 6.07) is 9.06. The molecule has 4 nitrogen and oxygen atoms in total. The lowest BCUT2D eigenvalue weighted by atomic mass is 10.1. The second-order valence-electron chi connectivity index (χ2n) is 4.83. The van der Waals surface area contributed by atoms with Crippen molar-refractivity contribution in [2.24, 2.45) is 0 Å². The summed E-state index contributed by atoms with van der Waals surface area (Å²) in [5, 5.41) is 12.9. The summed E-state index contributed by atoms with van der Waals surface area (Å²) in [5.41, 5.74) is 1.39. The Kier molecular flexibility index (Phi) is 4.98. The second kappa shape index (κ2) is 6.74. The van der Waals surface area contributed by atoms with E-state index in [1.165, 1.54) is 0 Å². The van der Waals surface area contributed by atoms with Gasteiger partial charge in [0, 0.05) is 16.3 Å². The number of aliphatic hydroxyl groups is 1. The lowest BCUT2D eigenvalue weighted by molar-refractivity contribution is 0.0916. The van der Waals surface area contributed by atoms with Gasteiger partial charge >= 0.3 is 0 Å². The number of hydrogen-bond donors (Lipinski definition) is 2. The Hall–Kier alpha value is -1.85. The van der Waals surface area contributed by atoms with Crippen molar-refractivity contribution >= 4 is 17.2 Å². The molecule has 5 heteroatoms. The molecule has 1 aromatic heterocycles. The fourth-order valence-corrected chi connectivity index (χ4v) is 3.03. The highest BCUT2D eigenvalue weighted by atomic mass is 32.1. The first-order valence-corrected chi connectivity index (χ1v) is 7.50. The van der Waals surface area contributed by atoms with Crippen molar-refractivity contribution in [1.82, 2.24) is 5.32 Å². The molecule has 0 aliphatic rings. The molecule has 0 radical (unpaired) electrons. The highest BCUT2D eigenvalue weighted by Crippen LogP contribution is 2.21. The molecule has 112 valence electrons. The number of rotatable bonds is 5. The number of thiophene rings is 1. The molecule has 0 saturated heterocycles. The average molecular weight is 305 g/mol. The summed E-state index contributed by atoms with van der Waals surface area (Å²) >= 11 is 1.59. The first-order chi connectivity index (χ1) is 10.0. The van der Waals surface area contributed by atoms with Crippen molar-refractivity contribution in [2.45, 2.75) is 20.0 Å². The van der Waals surface area contributed by atoms with Crippen LogP contribution in [0.4, 0.5) is 0 Å². The Balaban J connectivity index is 1.98. The van der Waals surface area contributed by atoms with E-state index in [2.05, 4.69) is 5.32 Å². The average Bonchev–Trinajstić information content (AvgIpc) is 2.83. The third kappa shape index (κ3) is 3.83. The molecular formula is C16H19NO3S. The molecule has 0 aliphatic heterocycles. The molecule has 2 N–H and O–H groups in total. The summed E-state index contributed by atoms with van der Waals surface area (Å²) in [6.07, 6.45) is -0.760. The van der Waals surface area contributed by atoms with Crippen LogP contribution in [0.5, 0.6) is 5.75 Å². The number of aliphatic hydroxyl groups excluding tert-OH is 1. The Morgan fingerprint density at radius 3 is 2.76 bits per heavy atom. The van der Waals surface area contributed by atoms with E-state index in [4.69, 9.17) is 4.74 Å². The van der Waals surface area contributed by atoms with Crippen LogP contribution in [0.25, 0.3) is 0 Å². The highest BCUT2D eigenvalue weighted by Gasteiger charge is 2.14. The third-order valence-electron chi connectivity index (χ3n) is 3.22. The number of benzene rings is 1. The van der Waals surface area contributed by atoms with Crippen LogP contribution in [0.3, 0.4) is 0 Å². The standard InChI is InChI=1S/C16H19NO3S/c1-10-7-14(11(2)21-10)16(19)17-9-15(18)12-5-4-6-13(8-12)20-3/h4-8,15,18H,9H2,1-3H3,(H,17,19). The number of carbonyl (C=O) groups excluding carboxylic acids is 1. The Morgan fingerprint density at radius 1 is 1.38 bits per heavy atom. The maximum absolute atomic E-state index is 12.1. The summed E-state index contributed by atoms with van der Waals surface area (Å²) in [7, 11) is 1.58. The van der Waals surface area contributed by atoms with Crippen LogP contribution in [0.1, 0.15) is 31.8 Å². The van der Waals surface area contributed by atoms with Crippen molar-refractivity contribution < 1.29 is 14.6 Å². The minimum Gasteiger partial charge on any atom is -0.497 e. The molecule has 1 amide bonds. The smallest absolute Gasteiger partial charge is 0.252 e. The lowest BCUT2D eigenvalue weighted by Crippen LogP contribution is -2.28. The van der Waals surface area contributed by atoms with E-state index in [0.29, 0.717) is 16.9 Å². The number of nitrogens with one attached hydrogen (secondary N) is 1. The van der Waals surface area contributed by atoms with Crippen LogP contribution in [0.15, 0.2) is 30.3 Å². The maximum Gasteiger partial charge on any atom is 0.252 e.